The standard InChI is InChI=1S/C14H17ClN4OS/c15-14-17-12(11-3-5-21-13(11)18-14)16-6-10-7-19-4-1-2-9(19)8-20-10/h3,5,9-10H,1-2,4,6-8H2,(H,16,17,18). The molecule has 112 valence electrons. The van der Waals surface area contributed by atoms with Gasteiger partial charge in [-0.2, -0.15) is 0 Å². The molecule has 21 heavy (non-hydrogen) atoms. The van der Waals surface area contributed by atoms with Gasteiger partial charge in [0, 0.05) is 19.1 Å². The molecule has 4 heterocycles. The van der Waals surface area contributed by atoms with Crippen molar-refractivity contribution >= 4 is 39.0 Å². The summed E-state index contributed by atoms with van der Waals surface area (Å²) in [4.78, 5) is 12.0. The van der Waals surface area contributed by atoms with Crippen molar-refractivity contribution in [3.63, 3.8) is 0 Å². The normalized spacial score (nSPS) is 26.1. The SMILES string of the molecule is Clc1nc(NCC2CN3CCCC3CO2)c2ccsc2n1. The van der Waals surface area contributed by atoms with Gasteiger partial charge in [0.2, 0.25) is 5.28 Å². The number of ether oxygens (including phenoxy) is 1. The van der Waals surface area contributed by atoms with Crippen LogP contribution in [-0.2, 0) is 4.74 Å². The molecule has 2 fully saturated rings. The lowest BCUT2D eigenvalue weighted by Crippen LogP contribution is -2.48. The highest BCUT2D eigenvalue weighted by Crippen LogP contribution is 2.27. The Labute approximate surface area is 132 Å². The number of anilines is 1. The molecular formula is C14H17ClN4OS. The Bertz CT molecular complexity index is 649. The molecule has 7 heteroatoms. The number of morpholine rings is 1. The zero-order valence-electron chi connectivity index (χ0n) is 11.6. The quantitative estimate of drug-likeness (QED) is 0.880. The number of halogens is 1. The lowest BCUT2D eigenvalue weighted by atomic mass is 10.2. The van der Waals surface area contributed by atoms with Gasteiger partial charge in [-0.3, -0.25) is 4.90 Å². The minimum Gasteiger partial charge on any atom is -0.373 e. The van der Waals surface area contributed by atoms with Gasteiger partial charge in [-0.15, -0.1) is 11.3 Å². The van der Waals surface area contributed by atoms with Gasteiger partial charge >= 0.3 is 0 Å². The summed E-state index contributed by atoms with van der Waals surface area (Å²) in [6.07, 6.45) is 2.78. The number of rotatable bonds is 3. The highest BCUT2D eigenvalue weighted by Gasteiger charge is 2.32. The molecule has 2 aliphatic rings. The molecule has 2 unspecified atom stereocenters. The summed E-state index contributed by atoms with van der Waals surface area (Å²) in [6.45, 7) is 3.81. The molecule has 2 saturated heterocycles. The number of fused-ring (bicyclic) bond motifs is 2. The van der Waals surface area contributed by atoms with Crippen molar-refractivity contribution in [3.05, 3.63) is 16.7 Å². The van der Waals surface area contributed by atoms with E-state index in [1.807, 2.05) is 11.4 Å². The van der Waals surface area contributed by atoms with Crippen LogP contribution in [0, 0.1) is 0 Å². The predicted molar refractivity (Wildman–Crippen MR) is 85.2 cm³/mol. The predicted octanol–water partition coefficient (Wildman–Crippen LogP) is 2.62. The Kier molecular flexibility index (Phi) is 3.71. The van der Waals surface area contributed by atoms with E-state index in [0.717, 1.165) is 35.7 Å². The fourth-order valence-electron chi connectivity index (χ4n) is 3.18. The molecule has 0 spiro atoms. The smallest absolute Gasteiger partial charge is 0.225 e. The third-order valence-electron chi connectivity index (χ3n) is 4.26. The maximum atomic E-state index is 5.98. The van der Waals surface area contributed by atoms with Crippen LogP contribution in [0.25, 0.3) is 10.2 Å². The van der Waals surface area contributed by atoms with Gasteiger partial charge in [0.15, 0.2) is 0 Å². The zero-order valence-corrected chi connectivity index (χ0v) is 13.2. The molecule has 0 saturated carbocycles. The molecule has 0 amide bonds. The third kappa shape index (κ3) is 2.73. The maximum absolute atomic E-state index is 5.98. The first-order valence-corrected chi connectivity index (χ1v) is 8.55. The topological polar surface area (TPSA) is 50.3 Å². The number of thiophene rings is 1. The van der Waals surface area contributed by atoms with Crippen molar-refractivity contribution in [3.8, 4) is 0 Å². The summed E-state index contributed by atoms with van der Waals surface area (Å²) in [5.74, 6) is 0.804. The van der Waals surface area contributed by atoms with Gasteiger partial charge in [-0.05, 0) is 42.4 Å². The average molecular weight is 325 g/mol. The summed E-state index contributed by atoms with van der Waals surface area (Å²) < 4.78 is 5.96. The van der Waals surface area contributed by atoms with E-state index in [0.29, 0.717) is 6.04 Å². The molecule has 5 nitrogen and oxygen atoms in total. The van der Waals surface area contributed by atoms with Gasteiger partial charge in [0.05, 0.1) is 18.1 Å². The number of aromatic nitrogens is 2. The number of nitrogens with one attached hydrogen (secondary N) is 1. The molecule has 0 bridgehead atoms. The summed E-state index contributed by atoms with van der Waals surface area (Å²) in [6, 6.07) is 2.66. The first-order valence-electron chi connectivity index (χ1n) is 7.30. The number of hydrogen-bond donors (Lipinski definition) is 1. The van der Waals surface area contributed by atoms with Crippen molar-refractivity contribution in [2.45, 2.75) is 25.0 Å². The number of hydrogen-bond acceptors (Lipinski definition) is 6. The van der Waals surface area contributed by atoms with Crippen LogP contribution in [0.2, 0.25) is 5.28 Å². The van der Waals surface area contributed by atoms with Crippen LogP contribution < -0.4 is 5.32 Å². The first-order chi connectivity index (χ1) is 10.3. The second-order valence-electron chi connectivity index (χ2n) is 5.61. The maximum Gasteiger partial charge on any atom is 0.225 e. The second kappa shape index (κ2) is 5.68. The molecule has 2 aromatic heterocycles. The Morgan fingerprint density at radius 1 is 1.48 bits per heavy atom. The summed E-state index contributed by atoms with van der Waals surface area (Å²) in [5, 5.41) is 6.71. The van der Waals surface area contributed by atoms with Crippen LogP contribution in [0.3, 0.4) is 0 Å². The summed E-state index contributed by atoms with van der Waals surface area (Å²) in [7, 11) is 0. The van der Waals surface area contributed by atoms with E-state index in [1.54, 1.807) is 11.3 Å². The van der Waals surface area contributed by atoms with E-state index in [2.05, 4.69) is 20.2 Å². The number of nitrogens with zero attached hydrogens (tertiary/aromatic N) is 3. The minimum atomic E-state index is 0.210. The lowest BCUT2D eigenvalue weighted by Gasteiger charge is -2.35. The van der Waals surface area contributed by atoms with E-state index in [4.69, 9.17) is 16.3 Å². The van der Waals surface area contributed by atoms with Crippen LogP contribution in [0.4, 0.5) is 5.82 Å². The monoisotopic (exact) mass is 324 g/mol. The average Bonchev–Trinajstić information content (AvgIpc) is 3.12. The highest BCUT2D eigenvalue weighted by atomic mass is 35.5. The second-order valence-corrected chi connectivity index (χ2v) is 6.84. The van der Waals surface area contributed by atoms with E-state index < -0.39 is 0 Å². The molecule has 2 aromatic rings. The molecule has 0 radical (unpaired) electrons. The molecular weight excluding hydrogens is 308 g/mol. The zero-order chi connectivity index (χ0) is 14.2. The molecule has 2 atom stereocenters. The molecule has 1 N–H and O–H groups in total. The van der Waals surface area contributed by atoms with Gasteiger partial charge in [0.25, 0.3) is 0 Å². The van der Waals surface area contributed by atoms with E-state index in [9.17, 15) is 0 Å². The fourth-order valence-corrected chi connectivity index (χ4v) is 4.17. The van der Waals surface area contributed by atoms with Crippen molar-refractivity contribution in [2.75, 3.05) is 31.6 Å². The van der Waals surface area contributed by atoms with Gasteiger partial charge in [-0.25, -0.2) is 9.97 Å². The van der Waals surface area contributed by atoms with E-state index in [1.165, 1.54) is 19.4 Å². The van der Waals surface area contributed by atoms with E-state index >= 15 is 0 Å². The first kappa shape index (κ1) is 13.7. The minimum absolute atomic E-state index is 0.210. The molecule has 4 rings (SSSR count). The Balaban J connectivity index is 1.45. The van der Waals surface area contributed by atoms with Gasteiger partial charge in [0.1, 0.15) is 10.6 Å². The molecule has 0 aromatic carbocycles. The molecule has 2 aliphatic heterocycles. The van der Waals surface area contributed by atoms with Crippen LogP contribution in [-0.4, -0.2) is 53.3 Å². The highest BCUT2D eigenvalue weighted by molar-refractivity contribution is 7.16. The summed E-state index contributed by atoms with van der Waals surface area (Å²) in [5.41, 5.74) is 0. The van der Waals surface area contributed by atoms with E-state index in [-0.39, 0.29) is 11.4 Å². The largest absolute Gasteiger partial charge is 0.373 e. The van der Waals surface area contributed by atoms with Crippen LogP contribution in [0.1, 0.15) is 12.8 Å². The lowest BCUT2D eigenvalue weighted by molar-refractivity contribution is -0.0415. The Morgan fingerprint density at radius 3 is 3.38 bits per heavy atom. The van der Waals surface area contributed by atoms with Gasteiger partial charge in [-0.1, -0.05) is 0 Å². The third-order valence-corrected chi connectivity index (χ3v) is 5.23. The molecule has 0 aliphatic carbocycles. The van der Waals surface area contributed by atoms with Crippen molar-refractivity contribution in [1.82, 2.24) is 14.9 Å². The Morgan fingerprint density at radius 2 is 2.43 bits per heavy atom. The van der Waals surface area contributed by atoms with Gasteiger partial charge < -0.3 is 10.1 Å². The van der Waals surface area contributed by atoms with Crippen LogP contribution >= 0.6 is 22.9 Å². The van der Waals surface area contributed by atoms with Crippen molar-refractivity contribution in [2.24, 2.45) is 0 Å². The van der Waals surface area contributed by atoms with Crippen molar-refractivity contribution < 1.29 is 4.74 Å². The Hall–Kier alpha value is -0.950. The van der Waals surface area contributed by atoms with Crippen LogP contribution in [0.5, 0.6) is 0 Å². The van der Waals surface area contributed by atoms with Crippen molar-refractivity contribution in [1.29, 1.82) is 0 Å². The fraction of sp³-hybridized carbons (Fsp3) is 0.571. The summed E-state index contributed by atoms with van der Waals surface area (Å²) >= 11 is 7.55. The van der Waals surface area contributed by atoms with Crippen LogP contribution in [0.15, 0.2) is 11.4 Å².